The maximum Gasteiger partial charge on any atom is 0.244 e. The Morgan fingerprint density at radius 2 is 2.04 bits per heavy atom. The summed E-state index contributed by atoms with van der Waals surface area (Å²) in [6, 6.07) is 3.81. The summed E-state index contributed by atoms with van der Waals surface area (Å²) in [6.07, 6.45) is 0.478. The SMILES string of the molecule is CCOCCCNS(=O)(=O)c1cc(N2C(=O)C(C)CS2(=O)=O)ccc1OC. The predicted molar refractivity (Wildman–Crippen MR) is 99.7 cm³/mol. The molecule has 1 unspecified atom stereocenters. The number of methoxy groups -OCH3 is 1. The molecule has 27 heavy (non-hydrogen) atoms. The summed E-state index contributed by atoms with van der Waals surface area (Å²) in [7, 11) is -6.50. The van der Waals surface area contributed by atoms with E-state index in [4.69, 9.17) is 9.47 Å². The van der Waals surface area contributed by atoms with Crippen molar-refractivity contribution in [2.24, 2.45) is 5.92 Å². The lowest BCUT2D eigenvalue weighted by atomic mass is 10.2. The van der Waals surface area contributed by atoms with Gasteiger partial charge in [-0.25, -0.2) is 25.9 Å². The first-order valence-electron chi connectivity index (χ1n) is 8.46. The van der Waals surface area contributed by atoms with E-state index in [-0.39, 0.29) is 28.6 Å². The number of nitrogens with zero attached hydrogens (tertiary/aromatic N) is 1. The molecular formula is C16H24N2O7S2. The Morgan fingerprint density at radius 1 is 1.33 bits per heavy atom. The third kappa shape index (κ3) is 4.78. The van der Waals surface area contributed by atoms with E-state index >= 15 is 0 Å². The quantitative estimate of drug-likeness (QED) is 0.584. The standard InChI is InChI=1S/C16H24N2O7S2/c1-4-25-9-5-8-17-27(22,23)15-10-13(6-7-14(15)24-3)18-16(19)12(2)11-26(18,20)21/h6-7,10,12,17H,4-5,8-9,11H2,1-3H3. The molecule has 9 nitrogen and oxygen atoms in total. The van der Waals surface area contributed by atoms with Crippen molar-refractivity contribution in [3.63, 3.8) is 0 Å². The molecule has 1 amide bonds. The number of ether oxygens (including phenoxy) is 2. The minimum absolute atomic E-state index is 0.0279. The molecule has 152 valence electrons. The topological polar surface area (TPSA) is 119 Å². The molecule has 0 saturated carbocycles. The first-order valence-corrected chi connectivity index (χ1v) is 11.6. The molecule has 0 spiro atoms. The molecule has 2 rings (SSSR count). The van der Waals surface area contributed by atoms with E-state index in [0.29, 0.717) is 23.9 Å². The van der Waals surface area contributed by atoms with E-state index in [2.05, 4.69) is 4.72 Å². The van der Waals surface area contributed by atoms with Crippen LogP contribution >= 0.6 is 0 Å². The Bertz CT molecular complexity index is 897. The van der Waals surface area contributed by atoms with Gasteiger partial charge in [0.05, 0.1) is 24.5 Å². The molecule has 11 heteroatoms. The number of carbonyl (C=O) groups is 1. The molecule has 0 radical (unpaired) electrons. The van der Waals surface area contributed by atoms with Crippen molar-refractivity contribution in [3.05, 3.63) is 18.2 Å². The summed E-state index contributed by atoms with van der Waals surface area (Å²) in [4.78, 5) is 12.0. The summed E-state index contributed by atoms with van der Waals surface area (Å²) < 4.78 is 63.1. The fourth-order valence-corrected chi connectivity index (χ4v) is 5.76. The van der Waals surface area contributed by atoms with Crippen LogP contribution in [0.4, 0.5) is 5.69 Å². The van der Waals surface area contributed by atoms with Gasteiger partial charge in [0.2, 0.25) is 26.0 Å². The number of amides is 1. The summed E-state index contributed by atoms with van der Waals surface area (Å²) in [5.41, 5.74) is -0.0279. The molecule has 0 aliphatic carbocycles. The van der Waals surface area contributed by atoms with Crippen LogP contribution < -0.4 is 13.8 Å². The molecule has 1 N–H and O–H groups in total. The summed E-state index contributed by atoms with van der Waals surface area (Å²) >= 11 is 0. The van der Waals surface area contributed by atoms with E-state index in [1.807, 2.05) is 6.92 Å². The minimum atomic E-state index is -3.97. The van der Waals surface area contributed by atoms with E-state index in [1.54, 1.807) is 0 Å². The lowest BCUT2D eigenvalue weighted by Crippen LogP contribution is -2.31. The third-order valence-corrected chi connectivity index (χ3v) is 7.34. The highest BCUT2D eigenvalue weighted by Crippen LogP contribution is 2.33. The van der Waals surface area contributed by atoms with E-state index in [0.717, 1.165) is 6.07 Å². The normalized spacial score (nSPS) is 19.4. The van der Waals surface area contributed by atoms with Crippen LogP contribution in [0.3, 0.4) is 0 Å². The second-order valence-electron chi connectivity index (χ2n) is 6.07. The molecule has 0 aromatic heterocycles. The number of sulfonamides is 2. The van der Waals surface area contributed by atoms with Gasteiger partial charge in [0.15, 0.2) is 0 Å². The highest BCUT2D eigenvalue weighted by molar-refractivity contribution is 7.94. The van der Waals surface area contributed by atoms with Crippen molar-refractivity contribution in [2.75, 3.05) is 36.9 Å². The van der Waals surface area contributed by atoms with Gasteiger partial charge in [0.25, 0.3) is 0 Å². The van der Waals surface area contributed by atoms with Gasteiger partial charge in [0.1, 0.15) is 10.6 Å². The summed E-state index contributed by atoms with van der Waals surface area (Å²) in [5, 5.41) is 0. The van der Waals surface area contributed by atoms with Gasteiger partial charge in [-0.15, -0.1) is 0 Å². The number of rotatable bonds is 9. The van der Waals surface area contributed by atoms with Crippen LogP contribution in [0.25, 0.3) is 0 Å². The zero-order chi connectivity index (χ0) is 20.2. The fourth-order valence-electron chi connectivity index (χ4n) is 2.69. The fraction of sp³-hybridized carbons (Fsp3) is 0.562. The maximum absolute atomic E-state index is 12.6. The zero-order valence-electron chi connectivity index (χ0n) is 15.5. The molecule has 1 aliphatic rings. The van der Waals surface area contributed by atoms with Crippen molar-refractivity contribution in [2.45, 2.75) is 25.2 Å². The number of carbonyl (C=O) groups excluding carboxylic acids is 1. The van der Waals surface area contributed by atoms with Crippen LogP contribution in [0.1, 0.15) is 20.3 Å². The Balaban J connectivity index is 2.34. The largest absolute Gasteiger partial charge is 0.495 e. The predicted octanol–water partition coefficient (Wildman–Crippen LogP) is 0.713. The maximum atomic E-state index is 12.6. The molecule has 1 heterocycles. The molecule has 1 aliphatic heterocycles. The zero-order valence-corrected chi connectivity index (χ0v) is 17.1. The third-order valence-electron chi connectivity index (χ3n) is 3.99. The number of nitrogens with one attached hydrogen (secondary N) is 1. The summed E-state index contributed by atoms with van der Waals surface area (Å²) in [6.45, 7) is 4.46. The number of benzene rings is 1. The van der Waals surface area contributed by atoms with Gasteiger partial charge in [-0.3, -0.25) is 4.79 Å². The number of hydrogen-bond acceptors (Lipinski definition) is 7. The van der Waals surface area contributed by atoms with Crippen LogP contribution in [0.15, 0.2) is 23.1 Å². The molecule has 1 fully saturated rings. The van der Waals surface area contributed by atoms with Gasteiger partial charge in [-0.05, 0) is 31.5 Å². The number of anilines is 1. The molecule has 1 saturated heterocycles. The minimum Gasteiger partial charge on any atom is -0.495 e. The highest BCUT2D eigenvalue weighted by atomic mass is 32.2. The second kappa shape index (κ2) is 8.55. The molecule has 0 bridgehead atoms. The van der Waals surface area contributed by atoms with E-state index in [9.17, 15) is 21.6 Å². The van der Waals surface area contributed by atoms with Crippen LogP contribution in [0.5, 0.6) is 5.75 Å². The smallest absolute Gasteiger partial charge is 0.244 e. The van der Waals surface area contributed by atoms with Crippen LogP contribution in [0.2, 0.25) is 0 Å². The second-order valence-corrected chi connectivity index (χ2v) is 9.66. The molecular weight excluding hydrogens is 396 g/mol. The average molecular weight is 421 g/mol. The lowest BCUT2D eigenvalue weighted by molar-refractivity contribution is -0.119. The molecule has 1 aromatic carbocycles. The average Bonchev–Trinajstić information content (AvgIpc) is 2.81. The summed E-state index contributed by atoms with van der Waals surface area (Å²) in [5.74, 6) is -1.54. The van der Waals surface area contributed by atoms with Crippen LogP contribution in [-0.2, 0) is 29.6 Å². The Kier molecular flexibility index (Phi) is 6.84. The Morgan fingerprint density at radius 3 is 2.59 bits per heavy atom. The van der Waals surface area contributed by atoms with Crippen molar-refractivity contribution in [3.8, 4) is 5.75 Å². The number of hydrogen-bond donors (Lipinski definition) is 1. The van der Waals surface area contributed by atoms with E-state index in [1.165, 1.54) is 26.2 Å². The molecule has 1 atom stereocenters. The van der Waals surface area contributed by atoms with Crippen LogP contribution in [0, 0.1) is 5.92 Å². The first-order chi connectivity index (χ1) is 12.6. The van der Waals surface area contributed by atoms with Crippen LogP contribution in [-0.4, -0.2) is 55.4 Å². The monoisotopic (exact) mass is 420 g/mol. The Labute approximate surface area is 159 Å². The van der Waals surface area contributed by atoms with Crippen molar-refractivity contribution < 1.29 is 31.1 Å². The van der Waals surface area contributed by atoms with Gasteiger partial charge < -0.3 is 9.47 Å². The molecule has 1 aromatic rings. The Hall–Kier alpha value is -1.69. The van der Waals surface area contributed by atoms with Gasteiger partial charge in [-0.2, -0.15) is 0 Å². The van der Waals surface area contributed by atoms with Gasteiger partial charge in [-0.1, -0.05) is 6.92 Å². The van der Waals surface area contributed by atoms with Gasteiger partial charge in [0, 0.05) is 19.8 Å². The van der Waals surface area contributed by atoms with E-state index < -0.39 is 31.9 Å². The van der Waals surface area contributed by atoms with Crippen molar-refractivity contribution >= 4 is 31.6 Å². The highest BCUT2D eigenvalue weighted by Gasteiger charge is 2.42. The van der Waals surface area contributed by atoms with Crippen molar-refractivity contribution in [1.82, 2.24) is 4.72 Å². The first kappa shape index (κ1) is 21.6. The lowest BCUT2D eigenvalue weighted by Gasteiger charge is -2.18. The van der Waals surface area contributed by atoms with Gasteiger partial charge >= 0.3 is 0 Å². The van der Waals surface area contributed by atoms with Crippen molar-refractivity contribution in [1.29, 1.82) is 0 Å².